The van der Waals surface area contributed by atoms with Crippen LogP contribution in [-0.4, -0.2) is 25.1 Å². The summed E-state index contributed by atoms with van der Waals surface area (Å²) in [6.07, 6.45) is 2.59. The van der Waals surface area contributed by atoms with Crippen LogP contribution < -0.4 is 10.2 Å². The van der Waals surface area contributed by atoms with E-state index in [0.29, 0.717) is 5.41 Å². The van der Waals surface area contributed by atoms with E-state index in [2.05, 4.69) is 37.9 Å². The summed E-state index contributed by atoms with van der Waals surface area (Å²) in [5, 5.41) is 4.44. The zero-order chi connectivity index (χ0) is 14.0. The van der Waals surface area contributed by atoms with Crippen LogP contribution in [0.3, 0.4) is 0 Å². The third-order valence-corrected chi connectivity index (χ3v) is 5.43. The smallest absolute Gasteiger partial charge is 0.185 e. The maximum atomic E-state index is 4.74. The van der Waals surface area contributed by atoms with Crippen molar-refractivity contribution in [1.29, 1.82) is 0 Å². The zero-order valence-corrected chi connectivity index (χ0v) is 13.7. The average molecular weight is 281 g/mol. The Morgan fingerprint density at radius 2 is 1.95 bits per heavy atom. The van der Waals surface area contributed by atoms with Crippen molar-refractivity contribution in [2.24, 2.45) is 11.3 Å². The van der Waals surface area contributed by atoms with E-state index in [1.54, 1.807) is 0 Å². The van der Waals surface area contributed by atoms with Crippen LogP contribution in [0, 0.1) is 18.3 Å². The third-order valence-electron chi connectivity index (χ3n) is 4.21. The average Bonchev–Trinajstić information content (AvgIpc) is 2.71. The van der Waals surface area contributed by atoms with Crippen molar-refractivity contribution >= 4 is 16.5 Å². The summed E-state index contributed by atoms with van der Waals surface area (Å²) in [5.41, 5.74) is 1.63. The quantitative estimate of drug-likeness (QED) is 0.920. The van der Waals surface area contributed by atoms with Gasteiger partial charge in [0.1, 0.15) is 0 Å². The molecular weight excluding hydrogens is 254 g/mol. The highest BCUT2D eigenvalue weighted by atomic mass is 32.1. The van der Waals surface area contributed by atoms with E-state index < -0.39 is 0 Å². The van der Waals surface area contributed by atoms with Crippen molar-refractivity contribution < 1.29 is 0 Å². The summed E-state index contributed by atoms with van der Waals surface area (Å²) in [7, 11) is 1.99. The number of thiazole rings is 1. The van der Waals surface area contributed by atoms with Gasteiger partial charge in [-0.25, -0.2) is 4.98 Å². The Kier molecular flexibility index (Phi) is 4.51. The predicted molar refractivity (Wildman–Crippen MR) is 84.0 cm³/mol. The van der Waals surface area contributed by atoms with Crippen LogP contribution in [0.4, 0.5) is 5.13 Å². The molecule has 0 radical (unpaired) electrons. The molecule has 0 spiro atoms. The number of aryl methyl sites for hydroxylation is 1. The molecule has 1 saturated heterocycles. The second-order valence-electron chi connectivity index (χ2n) is 6.66. The molecule has 0 saturated carbocycles. The molecule has 0 aliphatic carbocycles. The van der Waals surface area contributed by atoms with Gasteiger partial charge in [-0.15, -0.1) is 11.3 Å². The van der Waals surface area contributed by atoms with Crippen molar-refractivity contribution in [2.75, 3.05) is 25.0 Å². The summed E-state index contributed by atoms with van der Waals surface area (Å²) < 4.78 is 0. The van der Waals surface area contributed by atoms with Gasteiger partial charge in [-0.3, -0.25) is 0 Å². The Bertz CT molecular complexity index is 412. The van der Waals surface area contributed by atoms with Crippen LogP contribution in [0.15, 0.2) is 0 Å². The van der Waals surface area contributed by atoms with Crippen LogP contribution in [0.5, 0.6) is 0 Å². The molecule has 1 N–H and O–H groups in total. The fourth-order valence-electron chi connectivity index (χ4n) is 2.81. The summed E-state index contributed by atoms with van der Waals surface area (Å²) in [5.74, 6) is 0.849. The van der Waals surface area contributed by atoms with Gasteiger partial charge >= 0.3 is 0 Å². The fourth-order valence-corrected chi connectivity index (χ4v) is 3.93. The lowest BCUT2D eigenvalue weighted by Crippen LogP contribution is -2.37. The number of piperidine rings is 1. The highest BCUT2D eigenvalue weighted by Gasteiger charge is 2.29. The van der Waals surface area contributed by atoms with Gasteiger partial charge in [0.2, 0.25) is 0 Å². The van der Waals surface area contributed by atoms with Crippen molar-refractivity contribution in [3.8, 4) is 0 Å². The molecule has 0 atom stereocenters. The molecule has 0 aromatic carbocycles. The number of rotatable bonds is 3. The van der Waals surface area contributed by atoms with Crippen LogP contribution in [0.1, 0.15) is 44.2 Å². The molecule has 3 nitrogen and oxygen atoms in total. The molecule has 108 valence electrons. The number of anilines is 1. The van der Waals surface area contributed by atoms with Crippen LogP contribution in [-0.2, 0) is 6.54 Å². The van der Waals surface area contributed by atoms with E-state index in [1.807, 2.05) is 18.4 Å². The van der Waals surface area contributed by atoms with Gasteiger partial charge in [0.05, 0.1) is 5.69 Å². The van der Waals surface area contributed by atoms with Gasteiger partial charge in [0, 0.05) is 24.5 Å². The molecule has 1 aliphatic heterocycles. The number of aromatic nitrogens is 1. The first-order chi connectivity index (χ1) is 8.91. The minimum Gasteiger partial charge on any atom is -0.348 e. The number of hydrogen-bond acceptors (Lipinski definition) is 4. The maximum absolute atomic E-state index is 4.74. The molecule has 2 rings (SSSR count). The summed E-state index contributed by atoms with van der Waals surface area (Å²) in [6.45, 7) is 12.5. The first-order valence-corrected chi connectivity index (χ1v) is 8.09. The lowest BCUT2D eigenvalue weighted by atomic mass is 9.75. The van der Waals surface area contributed by atoms with E-state index in [1.165, 1.54) is 28.5 Å². The van der Waals surface area contributed by atoms with Crippen molar-refractivity contribution in [3.05, 3.63) is 10.6 Å². The van der Waals surface area contributed by atoms with Crippen LogP contribution in [0.2, 0.25) is 0 Å². The minimum atomic E-state index is 0.447. The van der Waals surface area contributed by atoms with Crippen molar-refractivity contribution in [3.63, 3.8) is 0 Å². The van der Waals surface area contributed by atoms with Gasteiger partial charge in [0.15, 0.2) is 5.13 Å². The number of nitrogens with zero attached hydrogens (tertiary/aromatic N) is 2. The molecule has 19 heavy (non-hydrogen) atoms. The minimum absolute atomic E-state index is 0.447. The van der Waals surface area contributed by atoms with Crippen molar-refractivity contribution in [2.45, 2.75) is 47.1 Å². The Labute approximate surface area is 121 Å². The standard InChI is InChI=1S/C15H27N3S/c1-11-13(10-16-5)19-14(17-11)18-8-6-12(7-9-18)15(2,3)4/h12,16H,6-10H2,1-5H3. The van der Waals surface area contributed by atoms with Gasteiger partial charge in [-0.05, 0) is 38.1 Å². The Hall–Kier alpha value is -0.610. The highest BCUT2D eigenvalue weighted by molar-refractivity contribution is 7.15. The van der Waals surface area contributed by atoms with E-state index in [-0.39, 0.29) is 0 Å². The zero-order valence-electron chi connectivity index (χ0n) is 12.9. The van der Waals surface area contributed by atoms with Crippen LogP contribution in [0.25, 0.3) is 0 Å². The topological polar surface area (TPSA) is 28.2 Å². The second kappa shape index (κ2) is 5.80. The fraction of sp³-hybridized carbons (Fsp3) is 0.800. The van der Waals surface area contributed by atoms with Crippen LogP contribution >= 0.6 is 11.3 Å². The first-order valence-electron chi connectivity index (χ1n) is 7.27. The largest absolute Gasteiger partial charge is 0.348 e. The molecule has 0 unspecified atom stereocenters. The van der Waals surface area contributed by atoms with E-state index in [0.717, 1.165) is 25.6 Å². The number of hydrogen-bond donors (Lipinski definition) is 1. The molecule has 0 bridgehead atoms. The summed E-state index contributed by atoms with van der Waals surface area (Å²) >= 11 is 1.85. The van der Waals surface area contributed by atoms with E-state index >= 15 is 0 Å². The summed E-state index contributed by atoms with van der Waals surface area (Å²) in [6, 6.07) is 0. The molecule has 2 heterocycles. The Balaban J connectivity index is 2.00. The SMILES string of the molecule is CNCc1sc(N2CCC(C(C)(C)C)CC2)nc1C. The maximum Gasteiger partial charge on any atom is 0.185 e. The Morgan fingerprint density at radius 1 is 1.32 bits per heavy atom. The van der Waals surface area contributed by atoms with Gasteiger partial charge < -0.3 is 10.2 Å². The summed E-state index contributed by atoms with van der Waals surface area (Å²) in [4.78, 5) is 8.59. The van der Waals surface area contributed by atoms with Gasteiger partial charge in [-0.1, -0.05) is 20.8 Å². The Morgan fingerprint density at radius 3 is 2.47 bits per heavy atom. The first kappa shape index (κ1) is 14.8. The third kappa shape index (κ3) is 3.48. The molecular formula is C15H27N3S. The van der Waals surface area contributed by atoms with Crippen molar-refractivity contribution in [1.82, 2.24) is 10.3 Å². The van der Waals surface area contributed by atoms with E-state index in [4.69, 9.17) is 4.98 Å². The lowest BCUT2D eigenvalue weighted by Gasteiger charge is -2.38. The molecule has 1 fully saturated rings. The molecule has 1 aromatic rings. The second-order valence-corrected chi connectivity index (χ2v) is 7.72. The molecule has 0 amide bonds. The molecule has 4 heteroatoms. The highest BCUT2D eigenvalue weighted by Crippen LogP contribution is 2.36. The monoisotopic (exact) mass is 281 g/mol. The van der Waals surface area contributed by atoms with Gasteiger partial charge in [-0.2, -0.15) is 0 Å². The predicted octanol–water partition coefficient (Wildman–Crippen LogP) is 3.43. The normalized spacial score (nSPS) is 18.1. The lowest BCUT2D eigenvalue weighted by molar-refractivity contribution is 0.199. The molecule has 1 aliphatic rings. The van der Waals surface area contributed by atoms with E-state index in [9.17, 15) is 0 Å². The number of nitrogens with one attached hydrogen (secondary N) is 1. The van der Waals surface area contributed by atoms with Gasteiger partial charge in [0.25, 0.3) is 0 Å². The molecule has 1 aromatic heterocycles.